The first-order valence-corrected chi connectivity index (χ1v) is 11.4. The molecule has 1 aromatic carbocycles. The first-order valence-electron chi connectivity index (χ1n) is 11.4. The van der Waals surface area contributed by atoms with Crippen LogP contribution in [0, 0.1) is 25.5 Å². The number of aromatic nitrogens is 4. The molecular formula is C26H25F2N5O2. The van der Waals surface area contributed by atoms with E-state index in [2.05, 4.69) is 14.9 Å². The molecule has 7 nitrogen and oxygen atoms in total. The molecule has 2 atom stereocenters. The van der Waals surface area contributed by atoms with E-state index in [-0.39, 0.29) is 23.3 Å². The van der Waals surface area contributed by atoms with Gasteiger partial charge in [-0.2, -0.15) is 0 Å². The highest BCUT2D eigenvalue weighted by molar-refractivity contribution is 5.91. The maximum Gasteiger partial charge on any atom is 0.250 e. The van der Waals surface area contributed by atoms with Crippen molar-refractivity contribution in [3.05, 3.63) is 81.5 Å². The van der Waals surface area contributed by atoms with E-state index >= 15 is 0 Å². The number of benzene rings is 1. The molecule has 4 heterocycles. The fraction of sp³-hybridized carbons (Fsp3) is 0.308. The molecule has 1 saturated heterocycles. The molecule has 0 N–H and O–H groups in total. The second-order valence-corrected chi connectivity index (χ2v) is 8.97. The summed E-state index contributed by atoms with van der Waals surface area (Å²) in [7, 11) is 1.70. The SMILES string of the molecule is Cc1nc2cc(N3CC(C)OC(c4ccc(=O)n(C)c4)C3)nc(-c3ccc(F)cc3F)c2nc1C. The lowest BCUT2D eigenvalue weighted by Gasteiger charge is -2.38. The van der Waals surface area contributed by atoms with Crippen LogP contribution in [0.2, 0.25) is 0 Å². The summed E-state index contributed by atoms with van der Waals surface area (Å²) in [6.45, 7) is 6.71. The van der Waals surface area contributed by atoms with Gasteiger partial charge in [0.25, 0.3) is 0 Å². The van der Waals surface area contributed by atoms with Gasteiger partial charge in [0.2, 0.25) is 5.56 Å². The van der Waals surface area contributed by atoms with Gasteiger partial charge in [0.1, 0.15) is 34.8 Å². The molecular weight excluding hydrogens is 452 g/mol. The molecule has 1 aliphatic rings. The van der Waals surface area contributed by atoms with E-state index in [9.17, 15) is 13.6 Å². The molecule has 0 aliphatic carbocycles. The Morgan fingerprint density at radius 1 is 1.00 bits per heavy atom. The van der Waals surface area contributed by atoms with Crippen molar-refractivity contribution in [3.63, 3.8) is 0 Å². The van der Waals surface area contributed by atoms with Crippen LogP contribution in [0.25, 0.3) is 22.3 Å². The number of halogens is 2. The van der Waals surface area contributed by atoms with Crippen LogP contribution in [-0.4, -0.2) is 38.7 Å². The smallest absolute Gasteiger partial charge is 0.250 e. The van der Waals surface area contributed by atoms with Crippen LogP contribution in [0.4, 0.5) is 14.6 Å². The zero-order valence-electron chi connectivity index (χ0n) is 19.9. The minimum atomic E-state index is -0.714. The molecule has 0 saturated carbocycles. The first kappa shape index (κ1) is 23.0. The van der Waals surface area contributed by atoms with Gasteiger partial charge < -0.3 is 14.2 Å². The lowest BCUT2D eigenvalue weighted by atomic mass is 10.1. The summed E-state index contributed by atoms with van der Waals surface area (Å²) in [5.41, 5.74) is 3.76. The maximum atomic E-state index is 14.8. The van der Waals surface area contributed by atoms with E-state index in [1.165, 1.54) is 22.8 Å². The number of pyridine rings is 2. The maximum absolute atomic E-state index is 14.8. The van der Waals surface area contributed by atoms with Crippen LogP contribution >= 0.6 is 0 Å². The van der Waals surface area contributed by atoms with E-state index in [0.29, 0.717) is 41.3 Å². The van der Waals surface area contributed by atoms with Gasteiger partial charge in [0, 0.05) is 50.1 Å². The standard InChI is InChI=1S/C26H25F2N5O2/c1-14-11-33(13-22(35-14)17-5-8-24(34)32(4)12-17)23-10-21-26(30-16(3)15(2)29-21)25(31-23)19-7-6-18(27)9-20(19)28/h5-10,12,14,22H,11,13H2,1-4H3. The third-order valence-electron chi connectivity index (χ3n) is 6.30. The third kappa shape index (κ3) is 4.39. The molecule has 1 fully saturated rings. The fourth-order valence-corrected chi connectivity index (χ4v) is 4.38. The van der Waals surface area contributed by atoms with Gasteiger partial charge >= 0.3 is 0 Å². The fourth-order valence-electron chi connectivity index (χ4n) is 4.38. The van der Waals surface area contributed by atoms with Gasteiger partial charge in [0.05, 0.1) is 23.0 Å². The van der Waals surface area contributed by atoms with Crippen LogP contribution in [0.15, 0.2) is 47.4 Å². The van der Waals surface area contributed by atoms with E-state index in [1.54, 1.807) is 19.3 Å². The summed E-state index contributed by atoms with van der Waals surface area (Å²) >= 11 is 0. The highest BCUT2D eigenvalue weighted by atomic mass is 19.1. The average molecular weight is 478 g/mol. The lowest BCUT2D eigenvalue weighted by Crippen LogP contribution is -2.43. The molecule has 9 heteroatoms. The van der Waals surface area contributed by atoms with E-state index < -0.39 is 11.6 Å². The van der Waals surface area contributed by atoms with E-state index in [1.807, 2.05) is 26.8 Å². The van der Waals surface area contributed by atoms with Crippen molar-refractivity contribution in [1.29, 1.82) is 0 Å². The summed E-state index contributed by atoms with van der Waals surface area (Å²) in [6, 6.07) is 8.56. The summed E-state index contributed by atoms with van der Waals surface area (Å²) < 4.78 is 36.2. The number of nitrogens with zero attached hydrogens (tertiary/aromatic N) is 5. The highest BCUT2D eigenvalue weighted by Gasteiger charge is 2.29. The zero-order valence-corrected chi connectivity index (χ0v) is 19.9. The van der Waals surface area contributed by atoms with Gasteiger partial charge in [-0.05, 0) is 44.5 Å². The van der Waals surface area contributed by atoms with Crippen molar-refractivity contribution in [2.45, 2.75) is 33.0 Å². The number of rotatable bonds is 3. The molecule has 3 aromatic heterocycles. The Balaban J connectivity index is 1.63. The van der Waals surface area contributed by atoms with Gasteiger partial charge in [-0.3, -0.25) is 4.79 Å². The minimum Gasteiger partial charge on any atom is -0.367 e. The lowest BCUT2D eigenvalue weighted by molar-refractivity contribution is -0.0179. The topological polar surface area (TPSA) is 73.1 Å². The Morgan fingerprint density at radius 3 is 2.51 bits per heavy atom. The van der Waals surface area contributed by atoms with Crippen LogP contribution < -0.4 is 10.5 Å². The van der Waals surface area contributed by atoms with Gasteiger partial charge in [-0.25, -0.2) is 23.7 Å². The van der Waals surface area contributed by atoms with Crippen LogP contribution in [0.1, 0.15) is 30.0 Å². The molecule has 0 bridgehead atoms. The Hall–Kier alpha value is -3.72. The number of anilines is 1. The van der Waals surface area contributed by atoms with Crippen molar-refractivity contribution >= 4 is 16.9 Å². The summed E-state index contributed by atoms with van der Waals surface area (Å²) in [4.78, 5) is 28.0. The number of hydrogen-bond donors (Lipinski definition) is 0. The molecule has 0 spiro atoms. The number of morpholine rings is 1. The zero-order chi connectivity index (χ0) is 24.9. The van der Waals surface area contributed by atoms with Crippen LogP contribution in [0.5, 0.6) is 0 Å². The van der Waals surface area contributed by atoms with Gasteiger partial charge in [-0.15, -0.1) is 0 Å². The Kier molecular flexibility index (Phi) is 5.80. The van der Waals surface area contributed by atoms with Gasteiger partial charge in [0.15, 0.2) is 0 Å². The average Bonchev–Trinajstić information content (AvgIpc) is 2.81. The van der Waals surface area contributed by atoms with E-state index in [4.69, 9.17) is 9.72 Å². The molecule has 5 rings (SSSR count). The van der Waals surface area contributed by atoms with Crippen molar-refractivity contribution in [3.8, 4) is 11.3 Å². The third-order valence-corrected chi connectivity index (χ3v) is 6.30. The number of aryl methyl sites for hydroxylation is 3. The molecule has 2 unspecified atom stereocenters. The first-order chi connectivity index (χ1) is 16.7. The minimum absolute atomic E-state index is 0.0964. The number of fused-ring (bicyclic) bond motifs is 1. The normalized spacial score (nSPS) is 18.3. The predicted octanol–water partition coefficient (Wildman–Crippen LogP) is 4.25. The molecule has 4 aromatic rings. The predicted molar refractivity (Wildman–Crippen MR) is 129 cm³/mol. The van der Waals surface area contributed by atoms with Crippen LogP contribution in [0.3, 0.4) is 0 Å². The van der Waals surface area contributed by atoms with E-state index in [0.717, 1.165) is 17.3 Å². The quantitative estimate of drug-likeness (QED) is 0.439. The number of hydrogen-bond acceptors (Lipinski definition) is 6. The summed E-state index contributed by atoms with van der Waals surface area (Å²) in [5.74, 6) is -0.778. The molecule has 35 heavy (non-hydrogen) atoms. The monoisotopic (exact) mass is 477 g/mol. The second-order valence-electron chi connectivity index (χ2n) is 8.97. The van der Waals surface area contributed by atoms with Crippen molar-refractivity contribution in [1.82, 2.24) is 19.5 Å². The Bertz CT molecular complexity index is 1500. The Morgan fingerprint density at radius 2 is 1.77 bits per heavy atom. The summed E-state index contributed by atoms with van der Waals surface area (Å²) in [6.07, 6.45) is 1.36. The summed E-state index contributed by atoms with van der Waals surface area (Å²) in [5, 5.41) is 0. The van der Waals surface area contributed by atoms with Crippen molar-refractivity contribution in [2.75, 3.05) is 18.0 Å². The highest BCUT2D eigenvalue weighted by Crippen LogP contribution is 2.33. The van der Waals surface area contributed by atoms with Crippen molar-refractivity contribution < 1.29 is 13.5 Å². The van der Waals surface area contributed by atoms with Crippen LogP contribution in [-0.2, 0) is 11.8 Å². The largest absolute Gasteiger partial charge is 0.367 e. The van der Waals surface area contributed by atoms with Crippen molar-refractivity contribution in [2.24, 2.45) is 7.05 Å². The molecule has 0 radical (unpaired) electrons. The molecule has 180 valence electrons. The Labute approximate surface area is 201 Å². The second kappa shape index (κ2) is 8.81. The van der Waals surface area contributed by atoms with Gasteiger partial charge in [-0.1, -0.05) is 0 Å². The molecule has 0 amide bonds. The number of ether oxygens (including phenoxy) is 1. The molecule has 1 aliphatic heterocycles.